The molecule has 0 fully saturated rings. The van der Waals surface area contributed by atoms with E-state index in [0.717, 1.165) is 16.8 Å². The molecule has 122 valence electrons. The number of hydrogen-bond acceptors (Lipinski definition) is 4. The second kappa shape index (κ2) is 7.42. The summed E-state index contributed by atoms with van der Waals surface area (Å²) in [6, 6.07) is 15.2. The van der Waals surface area contributed by atoms with Crippen LogP contribution in [0.3, 0.4) is 0 Å². The van der Waals surface area contributed by atoms with Gasteiger partial charge in [-0.25, -0.2) is 0 Å². The Labute approximate surface area is 150 Å². The first-order valence-electron chi connectivity index (χ1n) is 7.30. The number of aromatic nitrogens is 2. The van der Waals surface area contributed by atoms with E-state index >= 15 is 0 Å². The van der Waals surface area contributed by atoms with Crippen LogP contribution in [0, 0.1) is 6.92 Å². The molecule has 0 atom stereocenters. The standard InChI is InChI=1S/C17H15ClN4OS/c1-11-3-2-4-14(9-11)20-17(24)19-10-15-21-16(22-23-15)12-5-7-13(18)8-6-12/h2-9H,10H2,1H3,(H2,19,20,24). The molecule has 0 amide bonds. The quantitative estimate of drug-likeness (QED) is 0.682. The van der Waals surface area contributed by atoms with E-state index in [1.165, 1.54) is 0 Å². The minimum Gasteiger partial charge on any atom is -0.353 e. The van der Waals surface area contributed by atoms with Gasteiger partial charge in [0, 0.05) is 16.3 Å². The van der Waals surface area contributed by atoms with E-state index in [4.69, 9.17) is 28.3 Å². The average molecular weight is 359 g/mol. The first kappa shape index (κ1) is 16.4. The van der Waals surface area contributed by atoms with E-state index in [9.17, 15) is 0 Å². The van der Waals surface area contributed by atoms with Gasteiger partial charge in [0.05, 0.1) is 6.54 Å². The molecule has 0 saturated heterocycles. The lowest BCUT2D eigenvalue weighted by Crippen LogP contribution is -2.28. The Kier molecular flexibility index (Phi) is 5.08. The van der Waals surface area contributed by atoms with Gasteiger partial charge in [0.2, 0.25) is 11.7 Å². The highest BCUT2D eigenvalue weighted by atomic mass is 35.5. The number of anilines is 1. The third kappa shape index (κ3) is 4.31. The van der Waals surface area contributed by atoms with Crippen LogP contribution < -0.4 is 10.6 Å². The van der Waals surface area contributed by atoms with Crippen molar-refractivity contribution < 1.29 is 4.52 Å². The fourth-order valence-corrected chi connectivity index (χ4v) is 2.41. The van der Waals surface area contributed by atoms with Crippen molar-refractivity contribution in [1.82, 2.24) is 15.5 Å². The van der Waals surface area contributed by atoms with Crippen molar-refractivity contribution in [2.24, 2.45) is 0 Å². The maximum Gasteiger partial charge on any atom is 0.246 e. The molecule has 7 heteroatoms. The van der Waals surface area contributed by atoms with Crippen LogP contribution in [-0.4, -0.2) is 15.3 Å². The number of halogens is 1. The van der Waals surface area contributed by atoms with Gasteiger partial charge in [0.1, 0.15) is 0 Å². The monoisotopic (exact) mass is 358 g/mol. The van der Waals surface area contributed by atoms with Crippen molar-refractivity contribution in [3.8, 4) is 11.4 Å². The van der Waals surface area contributed by atoms with Gasteiger partial charge in [-0.1, -0.05) is 28.9 Å². The Morgan fingerprint density at radius 2 is 2.00 bits per heavy atom. The number of thiocarbonyl (C=S) groups is 1. The van der Waals surface area contributed by atoms with Crippen LogP contribution in [-0.2, 0) is 6.54 Å². The molecular weight excluding hydrogens is 344 g/mol. The molecule has 2 aromatic carbocycles. The van der Waals surface area contributed by atoms with E-state index in [2.05, 4.69) is 20.8 Å². The van der Waals surface area contributed by atoms with Crippen LogP contribution in [0.25, 0.3) is 11.4 Å². The van der Waals surface area contributed by atoms with Gasteiger partial charge in [-0.3, -0.25) is 0 Å². The Hall–Kier alpha value is -2.44. The number of hydrogen-bond donors (Lipinski definition) is 2. The number of nitrogens with zero attached hydrogens (tertiary/aromatic N) is 2. The zero-order valence-corrected chi connectivity index (χ0v) is 14.5. The highest BCUT2D eigenvalue weighted by molar-refractivity contribution is 7.80. The van der Waals surface area contributed by atoms with Crippen LogP contribution in [0.2, 0.25) is 5.02 Å². The Bertz CT molecular complexity index is 848. The molecule has 0 radical (unpaired) electrons. The van der Waals surface area contributed by atoms with Gasteiger partial charge in [0.15, 0.2) is 5.11 Å². The van der Waals surface area contributed by atoms with Crippen molar-refractivity contribution in [3.05, 3.63) is 65.0 Å². The van der Waals surface area contributed by atoms with Crippen molar-refractivity contribution >= 4 is 34.6 Å². The lowest BCUT2D eigenvalue weighted by molar-refractivity contribution is 0.376. The third-order valence-electron chi connectivity index (χ3n) is 3.25. The Morgan fingerprint density at radius 3 is 2.75 bits per heavy atom. The van der Waals surface area contributed by atoms with Crippen molar-refractivity contribution in [1.29, 1.82) is 0 Å². The molecule has 5 nitrogen and oxygen atoms in total. The molecule has 0 aliphatic rings. The summed E-state index contributed by atoms with van der Waals surface area (Å²) >= 11 is 11.1. The number of benzene rings is 2. The number of aryl methyl sites for hydroxylation is 1. The zero-order chi connectivity index (χ0) is 16.9. The summed E-state index contributed by atoms with van der Waals surface area (Å²) in [6.07, 6.45) is 0. The highest BCUT2D eigenvalue weighted by Crippen LogP contribution is 2.18. The van der Waals surface area contributed by atoms with E-state index in [1.54, 1.807) is 12.1 Å². The molecule has 1 aromatic heterocycles. The molecule has 24 heavy (non-hydrogen) atoms. The first-order chi connectivity index (χ1) is 11.6. The zero-order valence-electron chi connectivity index (χ0n) is 12.9. The second-order valence-electron chi connectivity index (χ2n) is 5.20. The predicted molar refractivity (Wildman–Crippen MR) is 99.0 cm³/mol. The number of rotatable bonds is 4. The van der Waals surface area contributed by atoms with E-state index < -0.39 is 0 Å². The topological polar surface area (TPSA) is 63.0 Å². The average Bonchev–Trinajstić information content (AvgIpc) is 3.03. The van der Waals surface area contributed by atoms with Crippen molar-refractivity contribution in [2.75, 3.05) is 5.32 Å². The Morgan fingerprint density at radius 1 is 1.21 bits per heavy atom. The van der Waals surface area contributed by atoms with Gasteiger partial charge >= 0.3 is 0 Å². The van der Waals surface area contributed by atoms with Gasteiger partial charge in [0.25, 0.3) is 0 Å². The minimum atomic E-state index is 0.345. The van der Waals surface area contributed by atoms with E-state index in [-0.39, 0.29) is 0 Å². The predicted octanol–water partition coefficient (Wildman–Crippen LogP) is 4.19. The maximum atomic E-state index is 5.87. The SMILES string of the molecule is Cc1cccc(NC(=S)NCc2nc(-c3ccc(Cl)cc3)no2)c1. The van der Waals surface area contributed by atoms with Gasteiger partial charge in [-0.05, 0) is 61.1 Å². The first-order valence-corrected chi connectivity index (χ1v) is 8.09. The highest BCUT2D eigenvalue weighted by Gasteiger charge is 2.09. The molecule has 0 bridgehead atoms. The minimum absolute atomic E-state index is 0.345. The van der Waals surface area contributed by atoms with Crippen LogP contribution in [0.1, 0.15) is 11.5 Å². The molecule has 3 aromatic rings. The van der Waals surface area contributed by atoms with Crippen LogP contribution in [0.15, 0.2) is 53.1 Å². The molecule has 0 unspecified atom stereocenters. The van der Waals surface area contributed by atoms with Gasteiger partial charge in [-0.2, -0.15) is 4.98 Å². The summed E-state index contributed by atoms with van der Waals surface area (Å²) in [5, 5.41) is 11.3. The third-order valence-corrected chi connectivity index (χ3v) is 3.74. The summed E-state index contributed by atoms with van der Waals surface area (Å²) in [7, 11) is 0. The van der Waals surface area contributed by atoms with Crippen LogP contribution in [0.5, 0.6) is 0 Å². The molecule has 0 aliphatic heterocycles. The summed E-state index contributed by atoms with van der Waals surface area (Å²) < 4.78 is 5.23. The second-order valence-corrected chi connectivity index (χ2v) is 6.04. The molecule has 1 heterocycles. The molecule has 0 aliphatic carbocycles. The summed E-state index contributed by atoms with van der Waals surface area (Å²) in [6.45, 7) is 2.37. The molecule has 0 saturated carbocycles. The lowest BCUT2D eigenvalue weighted by atomic mass is 10.2. The largest absolute Gasteiger partial charge is 0.353 e. The molecular formula is C17H15ClN4OS. The van der Waals surface area contributed by atoms with Crippen molar-refractivity contribution in [2.45, 2.75) is 13.5 Å². The van der Waals surface area contributed by atoms with Crippen LogP contribution >= 0.6 is 23.8 Å². The normalized spacial score (nSPS) is 10.4. The van der Waals surface area contributed by atoms with E-state index in [0.29, 0.717) is 28.4 Å². The fraction of sp³-hybridized carbons (Fsp3) is 0.118. The summed E-state index contributed by atoms with van der Waals surface area (Å²) in [5.41, 5.74) is 2.93. The molecule has 0 spiro atoms. The summed E-state index contributed by atoms with van der Waals surface area (Å²) in [4.78, 5) is 4.33. The van der Waals surface area contributed by atoms with Gasteiger partial charge < -0.3 is 15.2 Å². The van der Waals surface area contributed by atoms with Gasteiger partial charge in [-0.15, -0.1) is 0 Å². The summed E-state index contributed by atoms with van der Waals surface area (Å²) in [5.74, 6) is 0.967. The number of nitrogens with one attached hydrogen (secondary N) is 2. The molecule has 3 rings (SSSR count). The fourth-order valence-electron chi connectivity index (χ4n) is 2.10. The molecule has 2 N–H and O–H groups in total. The van der Waals surface area contributed by atoms with Crippen LogP contribution in [0.4, 0.5) is 5.69 Å². The maximum absolute atomic E-state index is 5.87. The lowest BCUT2D eigenvalue weighted by Gasteiger charge is -2.09. The van der Waals surface area contributed by atoms with E-state index in [1.807, 2.05) is 43.3 Å². The smallest absolute Gasteiger partial charge is 0.246 e. The Balaban J connectivity index is 1.57. The van der Waals surface area contributed by atoms with Crippen molar-refractivity contribution in [3.63, 3.8) is 0 Å².